The number of aromatic nitrogens is 1. The summed E-state index contributed by atoms with van der Waals surface area (Å²) in [6.07, 6.45) is -0.0740. The zero-order chi connectivity index (χ0) is 23.5. The number of thiazole rings is 1. The van der Waals surface area contributed by atoms with Crippen LogP contribution < -0.4 is 40.6 Å². The summed E-state index contributed by atoms with van der Waals surface area (Å²) in [6, 6.07) is 0.562. The van der Waals surface area contributed by atoms with Crippen LogP contribution in [0, 0.1) is 0 Å². The zero-order valence-electron chi connectivity index (χ0n) is 17.3. The Morgan fingerprint density at radius 3 is 2.67 bits per heavy atom. The van der Waals surface area contributed by atoms with E-state index in [-0.39, 0.29) is 56.8 Å². The maximum absolute atomic E-state index is 12.6. The molecule has 1 aliphatic rings. The minimum absolute atomic E-state index is 0. The van der Waals surface area contributed by atoms with E-state index < -0.39 is 46.8 Å². The number of carbonyl (C=O) groups is 3. The fraction of sp³-hybridized carbons (Fsp3) is 0.312. The molecule has 0 bridgehead atoms. The van der Waals surface area contributed by atoms with Gasteiger partial charge in [0.1, 0.15) is 31.5 Å². The number of nitrogen functional groups attached to an aromatic ring is 1. The van der Waals surface area contributed by atoms with Crippen molar-refractivity contribution >= 4 is 61.6 Å². The summed E-state index contributed by atoms with van der Waals surface area (Å²) in [5, 5.41) is 9.16. The molecule has 2 aromatic rings. The van der Waals surface area contributed by atoms with Crippen LogP contribution in [-0.4, -0.2) is 71.6 Å². The van der Waals surface area contributed by atoms with Gasteiger partial charge in [0.15, 0.2) is 21.1 Å². The van der Waals surface area contributed by atoms with Gasteiger partial charge in [-0.2, -0.15) is 0 Å². The number of ether oxygens (including phenoxy) is 1. The van der Waals surface area contributed by atoms with E-state index in [9.17, 15) is 27.4 Å². The van der Waals surface area contributed by atoms with Crippen LogP contribution in [0.25, 0.3) is 0 Å². The van der Waals surface area contributed by atoms with Crippen LogP contribution in [0.5, 0.6) is 0 Å². The molecule has 0 spiro atoms. The minimum Gasteiger partial charge on any atom is -0.731 e. The van der Waals surface area contributed by atoms with Gasteiger partial charge in [0.05, 0.1) is 6.42 Å². The molecule has 3 N–H and O–H groups in total. The van der Waals surface area contributed by atoms with E-state index >= 15 is 0 Å². The summed E-state index contributed by atoms with van der Waals surface area (Å²) >= 11 is 2.35. The van der Waals surface area contributed by atoms with Gasteiger partial charge in [-0.05, 0) is 11.4 Å². The number of β-lactam (4-membered cyclic amide) rings is 1. The SMILES string of the molecule is CO/N=C(\C(=O)N[C@H]1C(=O)N(S(=O)(=O)[O-])[C@H]1COC(=O)Cc1cccs1)c1csc(N)n1.[Na+]. The second-order valence-corrected chi connectivity index (χ2v) is 9.41. The predicted octanol–water partition coefficient (Wildman–Crippen LogP) is -3.92. The summed E-state index contributed by atoms with van der Waals surface area (Å²) < 4.78 is 39.4. The van der Waals surface area contributed by atoms with Crippen LogP contribution in [0.4, 0.5) is 5.13 Å². The first-order chi connectivity index (χ1) is 15.1. The third-order valence-electron chi connectivity index (χ3n) is 4.17. The van der Waals surface area contributed by atoms with Gasteiger partial charge in [-0.1, -0.05) is 11.2 Å². The van der Waals surface area contributed by atoms with Gasteiger partial charge in [-0.25, -0.2) is 17.7 Å². The van der Waals surface area contributed by atoms with Crippen LogP contribution in [0.15, 0.2) is 28.0 Å². The smallest absolute Gasteiger partial charge is 0.731 e. The number of oxime groups is 1. The Bertz CT molecular complexity index is 1150. The standard InChI is InChI=1S/C16H17N5O8S3.Na/c1-28-20-12(9-7-31-16(17)18-9)14(23)19-13-10(21(15(13)24)32(25,26)27)6-29-11(22)5-8-3-2-4-30-8;/h2-4,7,10,13H,5-6H2,1H3,(H2,17,18)(H,19,23)(H,25,26,27);/q;+1/p-1/b20-12-;/t10-,13+;/m0./s1. The van der Waals surface area contributed by atoms with Crippen LogP contribution in [0.1, 0.15) is 10.6 Å². The number of nitrogens with two attached hydrogens (primary N) is 1. The normalized spacial score (nSPS) is 18.2. The van der Waals surface area contributed by atoms with Gasteiger partial charge >= 0.3 is 35.5 Å². The first kappa shape index (κ1) is 27.2. The number of hydrogen-bond acceptors (Lipinski definition) is 13. The Kier molecular flexibility index (Phi) is 9.36. The summed E-state index contributed by atoms with van der Waals surface area (Å²) in [6.45, 7) is -0.622. The molecule has 0 unspecified atom stereocenters. The van der Waals surface area contributed by atoms with E-state index in [0.29, 0.717) is 4.88 Å². The van der Waals surface area contributed by atoms with Crippen molar-refractivity contribution in [1.82, 2.24) is 14.6 Å². The van der Waals surface area contributed by atoms with Gasteiger partial charge in [0.2, 0.25) is 0 Å². The van der Waals surface area contributed by atoms with E-state index in [4.69, 9.17) is 10.5 Å². The molecule has 3 heterocycles. The Balaban J connectivity index is 0.00000385. The van der Waals surface area contributed by atoms with E-state index in [2.05, 4.69) is 20.3 Å². The number of hydrogen-bond donors (Lipinski definition) is 2. The molecule has 13 nitrogen and oxygen atoms in total. The molecule has 0 saturated carbocycles. The van der Waals surface area contributed by atoms with Crippen molar-refractivity contribution < 1.29 is 66.5 Å². The topological polar surface area (TPSA) is 193 Å². The van der Waals surface area contributed by atoms with Crippen molar-refractivity contribution in [3.8, 4) is 0 Å². The number of carbonyl (C=O) groups excluding carboxylic acids is 3. The van der Waals surface area contributed by atoms with Gasteiger partial charge in [0.25, 0.3) is 11.8 Å². The van der Waals surface area contributed by atoms with Gasteiger partial charge in [0, 0.05) is 10.3 Å². The molecule has 2 amide bonds. The van der Waals surface area contributed by atoms with Crippen molar-refractivity contribution in [2.45, 2.75) is 18.5 Å². The van der Waals surface area contributed by atoms with Crippen LogP contribution in [-0.2, 0) is 40.7 Å². The number of rotatable bonds is 9. The van der Waals surface area contributed by atoms with Crippen molar-refractivity contribution in [2.75, 3.05) is 19.5 Å². The third-order valence-corrected chi connectivity index (χ3v) is 6.66. The van der Waals surface area contributed by atoms with Gasteiger partial charge in [-0.3, -0.25) is 14.4 Å². The second-order valence-electron chi connectivity index (χ2n) is 6.24. The van der Waals surface area contributed by atoms with Crippen molar-refractivity contribution in [2.24, 2.45) is 5.16 Å². The molecule has 2 aromatic heterocycles. The van der Waals surface area contributed by atoms with Gasteiger partial charge in [-0.15, -0.1) is 22.7 Å². The maximum atomic E-state index is 12.6. The average Bonchev–Trinajstić information content (AvgIpc) is 3.37. The molecule has 3 rings (SSSR count). The molecule has 1 aliphatic heterocycles. The molecule has 0 aliphatic carbocycles. The molecular formula is C16H16N5NaO8S3. The average molecular weight is 526 g/mol. The first-order valence-corrected chi connectivity index (χ1v) is 11.8. The first-order valence-electron chi connectivity index (χ1n) is 8.72. The molecule has 0 aromatic carbocycles. The van der Waals surface area contributed by atoms with Crippen LogP contribution in [0.3, 0.4) is 0 Å². The van der Waals surface area contributed by atoms with Crippen molar-refractivity contribution in [3.63, 3.8) is 0 Å². The van der Waals surface area contributed by atoms with Crippen LogP contribution in [0.2, 0.25) is 0 Å². The predicted molar refractivity (Wildman–Crippen MR) is 111 cm³/mol. The molecule has 1 fully saturated rings. The fourth-order valence-corrected chi connectivity index (χ4v) is 4.89. The molecule has 172 valence electrons. The molecule has 33 heavy (non-hydrogen) atoms. The number of nitrogens with one attached hydrogen (secondary N) is 1. The number of esters is 1. The summed E-state index contributed by atoms with van der Waals surface area (Å²) in [4.78, 5) is 46.2. The van der Waals surface area contributed by atoms with E-state index in [0.717, 1.165) is 11.3 Å². The Morgan fingerprint density at radius 1 is 1.39 bits per heavy atom. The Morgan fingerprint density at radius 2 is 2.12 bits per heavy atom. The van der Waals surface area contributed by atoms with E-state index in [1.54, 1.807) is 17.5 Å². The van der Waals surface area contributed by atoms with E-state index in [1.165, 1.54) is 23.8 Å². The molecule has 2 atom stereocenters. The third kappa shape index (κ3) is 6.50. The summed E-state index contributed by atoms with van der Waals surface area (Å²) in [7, 11) is -4.02. The monoisotopic (exact) mass is 525 g/mol. The van der Waals surface area contributed by atoms with Crippen molar-refractivity contribution in [3.05, 3.63) is 33.5 Å². The quantitative estimate of drug-likeness (QED) is 0.0816. The fourth-order valence-electron chi connectivity index (χ4n) is 2.80. The number of anilines is 1. The summed E-state index contributed by atoms with van der Waals surface area (Å²) in [5.74, 6) is -2.81. The van der Waals surface area contributed by atoms with Crippen LogP contribution >= 0.6 is 22.7 Å². The number of nitrogens with zero attached hydrogens (tertiary/aromatic N) is 3. The molecular weight excluding hydrogens is 509 g/mol. The number of thiophene rings is 1. The van der Waals surface area contributed by atoms with E-state index in [1.807, 2.05) is 0 Å². The second kappa shape index (κ2) is 11.4. The Labute approximate surface area is 218 Å². The number of amides is 2. The molecule has 0 radical (unpaired) electrons. The maximum Gasteiger partial charge on any atom is 1.00 e. The Hall–Kier alpha value is -2.08. The largest absolute Gasteiger partial charge is 1.00 e. The van der Waals surface area contributed by atoms with Crippen molar-refractivity contribution in [1.29, 1.82) is 0 Å². The minimum atomic E-state index is -5.20. The zero-order valence-corrected chi connectivity index (χ0v) is 21.7. The van der Waals surface area contributed by atoms with Gasteiger partial charge < -0.3 is 25.2 Å². The molecule has 1 saturated heterocycles. The summed E-state index contributed by atoms with van der Waals surface area (Å²) in [5.41, 5.74) is 5.28. The molecule has 17 heteroatoms.